The first-order valence-corrected chi connectivity index (χ1v) is 7.98. The predicted molar refractivity (Wildman–Crippen MR) is 88.9 cm³/mol. The molecular weight excluding hydrogens is 244 g/mol. The number of rotatable bonds is 9. The van der Waals surface area contributed by atoms with Gasteiger partial charge in [-0.3, -0.25) is 4.90 Å². The van der Waals surface area contributed by atoms with Gasteiger partial charge in [-0.05, 0) is 23.9 Å². The molecule has 0 aliphatic heterocycles. The van der Waals surface area contributed by atoms with E-state index in [-0.39, 0.29) is 0 Å². The molecule has 114 valence electrons. The predicted octanol–water partition coefficient (Wildman–Crippen LogP) is 3.92. The molecular formula is C18H32N2. The van der Waals surface area contributed by atoms with Crippen LogP contribution in [0.3, 0.4) is 0 Å². The molecule has 0 amide bonds. The first kappa shape index (κ1) is 17.2. The highest BCUT2D eigenvalue weighted by Gasteiger charge is 2.24. The molecule has 2 heteroatoms. The van der Waals surface area contributed by atoms with E-state index in [4.69, 9.17) is 0 Å². The first-order valence-electron chi connectivity index (χ1n) is 7.98. The Kier molecular flexibility index (Phi) is 7.25. The normalized spacial score (nSPS) is 14.8. The smallest absolute Gasteiger partial charge is 0.0233 e. The summed E-state index contributed by atoms with van der Waals surface area (Å²) in [6.45, 7) is 15.8. The van der Waals surface area contributed by atoms with E-state index in [1.165, 1.54) is 12.0 Å². The van der Waals surface area contributed by atoms with Gasteiger partial charge in [0.05, 0.1) is 0 Å². The van der Waals surface area contributed by atoms with Gasteiger partial charge in [0.1, 0.15) is 0 Å². The van der Waals surface area contributed by atoms with E-state index in [0.717, 1.165) is 26.2 Å². The summed E-state index contributed by atoms with van der Waals surface area (Å²) in [5.41, 5.74) is 1.75. The van der Waals surface area contributed by atoms with Crippen molar-refractivity contribution in [2.75, 3.05) is 19.6 Å². The fourth-order valence-corrected chi connectivity index (χ4v) is 2.40. The Morgan fingerprint density at radius 3 is 2.30 bits per heavy atom. The quantitative estimate of drug-likeness (QED) is 0.735. The highest BCUT2D eigenvalue weighted by molar-refractivity contribution is 5.14. The number of nitrogens with zero attached hydrogens (tertiary/aromatic N) is 1. The van der Waals surface area contributed by atoms with Crippen LogP contribution in [-0.4, -0.2) is 30.6 Å². The zero-order valence-electron chi connectivity index (χ0n) is 13.9. The number of benzene rings is 1. The molecule has 1 rings (SSSR count). The molecule has 0 fully saturated rings. The van der Waals surface area contributed by atoms with Gasteiger partial charge in [0.2, 0.25) is 0 Å². The molecule has 20 heavy (non-hydrogen) atoms. The number of hydrogen-bond acceptors (Lipinski definition) is 2. The van der Waals surface area contributed by atoms with Crippen molar-refractivity contribution in [3.05, 3.63) is 35.9 Å². The average Bonchev–Trinajstić information content (AvgIpc) is 2.45. The lowest BCUT2D eigenvalue weighted by atomic mass is 9.86. The molecule has 1 aromatic carbocycles. The topological polar surface area (TPSA) is 15.3 Å². The SMILES string of the molecule is CCN(Cc1ccccc1)CC(C)(CC)CNC(C)C. The minimum absolute atomic E-state index is 0.342. The summed E-state index contributed by atoms with van der Waals surface area (Å²) in [6.07, 6.45) is 1.21. The second-order valence-electron chi connectivity index (χ2n) is 6.49. The van der Waals surface area contributed by atoms with E-state index in [9.17, 15) is 0 Å². The van der Waals surface area contributed by atoms with Crippen molar-refractivity contribution >= 4 is 0 Å². The second kappa shape index (κ2) is 8.43. The van der Waals surface area contributed by atoms with Crippen molar-refractivity contribution in [2.24, 2.45) is 5.41 Å². The van der Waals surface area contributed by atoms with E-state index in [2.05, 4.69) is 75.2 Å². The van der Waals surface area contributed by atoms with Crippen molar-refractivity contribution < 1.29 is 0 Å². The lowest BCUT2D eigenvalue weighted by Crippen LogP contribution is -2.43. The second-order valence-corrected chi connectivity index (χ2v) is 6.49. The largest absolute Gasteiger partial charge is 0.314 e. The zero-order valence-corrected chi connectivity index (χ0v) is 13.9. The monoisotopic (exact) mass is 276 g/mol. The van der Waals surface area contributed by atoms with Gasteiger partial charge >= 0.3 is 0 Å². The van der Waals surface area contributed by atoms with Crippen LogP contribution in [0.4, 0.5) is 0 Å². The molecule has 0 spiro atoms. The van der Waals surface area contributed by atoms with Gasteiger partial charge in [-0.2, -0.15) is 0 Å². The molecule has 0 heterocycles. The van der Waals surface area contributed by atoms with Gasteiger partial charge in [0.15, 0.2) is 0 Å². The highest BCUT2D eigenvalue weighted by atomic mass is 15.1. The number of hydrogen-bond donors (Lipinski definition) is 1. The Balaban J connectivity index is 2.60. The zero-order chi connectivity index (χ0) is 15.0. The number of nitrogens with one attached hydrogen (secondary N) is 1. The Hall–Kier alpha value is -0.860. The summed E-state index contributed by atoms with van der Waals surface area (Å²) in [5.74, 6) is 0. The Labute approximate surface area is 125 Å². The van der Waals surface area contributed by atoms with E-state index in [1.807, 2.05) is 0 Å². The summed E-state index contributed by atoms with van der Waals surface area (Å²) < 4.78 is 0. The van der Waals surface area contributed by atoms with Gasteiger partial charge in [-0.15, -0.1) is 0 Å². The van der Waals surface area contributed by atoms with E-state index < -0.39 is 0 Å². The maximum absolute atomic E-state index is 3.60. The van der Waals surface area contributed by atoms with Crippen molar-refractivity contribution in [3.8, 4) is 0 Å². The van der Waals surface area contributed by atoms with Crippen LogP contribution >= 0.6 is 0 Å². The molecule has 0 saturated heterocycles. The molecule has 0 aliphatic carbocycles. The molecule has 1 unspecified atom stereocenters. The van der Waals surface area contributed by atoms with E-state index >= 15 is 0 Å². The van der Waals surface area contributed by atoms with Crippen LogP contribution in [0, 0.1) is 5.41 Å². The van der Waals surface area contributed by atoms with Crippen LogP contribution in [0.5, 0.6) is 0 Å². The van der Waals surface area contributed by atoms with Crippen LogP contribution < -0.4 is 5.32 Å². The molecule has 2 nitrogen and oxygen atoms in total. The standard InChI is InChI=1S/C18H32N2/c1-6-18(5,14-19-16(3)4)15-20(7-2)13-17-11-9-8-10-12-17/h8-12,16,19H,6-7,13-15H2,1-5H3. The van der Waals surface area contributed by atoms with Gasteiger partial charge in [-0.25, -0.2) is 0 Å². The van der Waals surface area contributed by atoms with E-state index in [0.29, 0.717) is 11.5 Å². The van der Waals surface area contributed by atoms with Crippen molar-refractivity contribution in [1.82, 2.24) is 10.2 Å². The van der Waals surface area contributed by atoms with Crippen LogP contribution in [0.25, 0.3) is 0 Å². The summed E-state index contributed by atoms with van der Waals surface area (Å²) >= 11 is 0. The molecule has 0 bridgehead atoms. The minimum atomic E-state index is 0.342. The van der Waals surface area contributed by atoms with Gasteiger partial charge in [0.25, 0.3) is 0 Å². The highest BCUT2D eigenvalue weighted by Crippen LogP contribution is 2.23. The van der Waals surface area contributed by atoms with Gasteiger partial charge in [0, 0.05) is 25.7 Å². The molecule has 1 aromatic rings. The summed E-state index contributed by atoms with van der Waals surface area (Å²) in [7, 11) is 0. The van der Waals surface area contributed by atoms with Gasteiger partial charge < -0.3 is 5.32 Å². The maximum Gasteiger partial charge on any atom is 0.0233 e. The Morgan fingerprint density at radius 1 is 1.15 bits per heavy atom. The van der Waals surface area contributed by atoms with Crippen LogP contribution in [0.15, 0.2) is 30.3 Å². The first-order chi connectivity index (χ1) is 9.49. The fourth-order valence-electron chi connectivity index (χ4n) is 2.40. The summed E-state index contributed by atoms with van der Waals surface area (Å²) in [6, 6.07) is 11.3. The molecule has 0 aliphatic rings. The van der Waals surface area contributed by atoms with Crippen molar-refractivity contribution in [2.45, 2.75) is 53.6 Å². The average molecular weight is 276 g/mol. The van der Waals surface area contributed by atoms with Crippen LogP contribution in [0.1, 0.15) is 46.6 Å². The Morgan fingerprint density at radius 2 is 1.80 bits per heavy atom. The van der Waals surface area contributed by atoms with Crippen LogP contribution in [-0.2, 0) is 6.54 Å². The van der Waals surface area contributed by atoms with Crippen molar-refractivity contribution in [3.63, 3.8) is 0 Å². The van der Waals surface area contributed by atoms with Gasteiger partial charge in [-0.1, -0.05) is 65.0 Å². The summed E-state index contributed by atoms with van der Waals surface area (Å²) in [5, 5.41) is 3.60. The third-order valence-electron chi connectivity index (χ3n) is 4.09. The fraction of sp³-hybridized carbons (Fsp3) is 0.667. The lowest BCUT2D eigenvalue weighted by molar-refractivity contribution is 0.152. The minimum Gasteiger partial charge on any atom is -0.314 e. The lowest BCUT2D eigenvalue weighted by Gasteiger charge is -2.35. The van der Waals surface area contributed by atoms with Crippen LogP contribution in [0.2, 0.25) is 0 Å². The van der Waals surface area contributed by atoms with E-state index in [1.54, 1.807) is 0 Å². The maximum atomic E-state index is 3.60. The molecule has 1 N–H and O–H groups in total. The Bertz CT molecular complexity index is 361. The molecule has 0 saturated carbocycles. The van der Waals surface area contributed by atoms with Crippen molar-refractivity contribution in [1.29, 1.82) is 0 Å². The molecule has 1 atom stereocenters. The third-order valence-corrected chi connectivity index (χ3v) is 4.09. The third kappa shape index (κ3) is 6.06. The summed E-state index contributed by atoms with van der Waals surface area (Å²) in [4.78, 5) is 2.56. The molecule has 0 radical (unpaired) electrons. The molecule has 0 aromatic heterocycles.